The fourth-order valence-electron chi connectivity index (χ4n) is 1.99. The molecule has 0 spiro atoms. The Kier molecular flexibility index (Phi) is 4.24. The van der Waals surface area contributed by atoms with Gasteiger partial charge in [0.15, 0.2) is 0 Å². The molecule has 5 N–H and O–H groups in total. The minimum absolute atomic E-state index is 0.395. The Labute approximate surface area is 138 Å². The maximum absolute atomic E-state index is 11.0. The molecule has 120 valence electrons. The first-order valence-corrected chi connectivity index (χ1v) is 7.13. The van der Waals surface area contributed by atoms with Gasteiger partial charge in [-0.25, -0.2) is 4.98 Å². The molecule has 2 aromatic carbocycles. The van der Waals surface area contributed by atoms with Gasteiger partial charge in [-0.2, -0.15) is 4.98 Å². The third kappa shape index (κ3) is 3.77. The van der Waals surface area contributed by atoms with Gasteiger partial charge in [-0.15, -0.1) is 0 Å². The zero-order valence-corrected chi connectivity index (χ0v) is 12.6. The number of primary amides is 1. The van der Waals surface area contributed by atoms with E-state index < -0.39 is 5.91 Å². The van der Waals surface area contributed by atoms with Crippen LogP contribution in [0.25, 0.3) is 0 Å². The smallest absolute Gasteiger partial charge is 0.248 e. The van der Waals surface area contributed by atoms with Crippen molar-refractivity contribution in [1.29, 1.82) is 0 Å². The summed E-state index contributed by atoms with van der Waals surface area (Å²) in [5, 5.41) is 3.05. The summed E-state index contributed by atoms with van der Waals surface area (Å²) in [7, 11) is 0. The average Bonchev–Trinajstić information content (AvgIpc) is 2.57. The van der Waals surface area contributed by atoms with Crippen molar-refractivity contribution in [2.45, 2.75) is 0 Å². The molecular formula is C17H15N5O2. The molecule has 1 amide bonds. The predicted molar refractivity (Wildman–Crippen MR) is 91.2 cm³/mol. The van der Waals surface area contributed by atoms with Gasteiger partial charge in [0.25, 0.3) is 0 Å². The molecule has 0 bridgehead atoms. The second-order valence-electron chi connectivity index (χ2n) is 4.95. The van der Waals surface area contributed by atoms with Crippen LogP contribution in [0.15, 0.2) is 60.8 Å². The first-order valence-electron chi connectivity index (χ1n) is 7.13. The topological polar surface area (TPSA) is 116 Å². The number of anilines is 3. The summed E-state index contributed by atoms with van der Waals surface area (Å²) in [6.07, 6.45) is 1.58. The Balaban J connectivity index is 1.67. The number of nitrogens with zero attached hydrogens (tertiary/aromatic N) is 2. The SMILES string of the molecule is NC(=O)c1ccc(Oc2ccc(Nc3nccc(N)n3)cc2)cc1. The van der Waals surface area contributed by atoms with Gasteiger partial charge in [-0.3, -0.25) is 4.79 Å². The molecule has 0 radical (unpaired) electrons. The highest BCUT2D eigenvalue weighted by Gasteiger charge is 2.03. The Morgan fingerprint density at radius 1 is 0.958 bits per heavy atom. The molecule has 0 unspecified atom stereocenters. The van der Waals surface area contributed by atoms with E-state index in [4.69, 9.17) is 16.2 Å². The maximum Gasteiger partial charge on any atom is 0.248 e. The molecular weight excluding hydrogens is 306 g/mol. The van der Waals surface area contributed by atoms with Crippen molar-refractivity contribution in [1.82, 2.24) is 9.97 Å². The van der Waals surface area contributed by atoms with Crippen LogP contribution in [0.3, 0.4) is 0 Å². The van der Waals surface area contributed by atoms with E-state index in [0.717, 1.165) is 5.69 Å². The summed E-state index contributed by atoms with van der Waals surface area (Å²) in [5.74, 6) is 1.61. The number of rotatable bonds is 5. The maximum atomic E-state index is 11.0. The molecule has 1 heterocycles. The van der Waals surface area contributed by atoms with E-state index >= 15 is 0 Å². The number of aromatic nitrogens is 2. The van der Waals surface area contributed by atoms with Gasteiger partial charge < -0.3 is 21.5 Å². The monoisotopic (exact) mass is 321 g/mol. The van der Waals surface area contributed by atoms with Crippen LogP contribution < -0.4 is 21.5 Å². The van der Waals surface area contributed by atoms with Gasteiger partial charge in [0.2, 0.25) is 11.9 Å². The van der Waals surface area contributed by atoms with E-state index in [1.807, 2.05) is 12.1 Å². The quantitative estimate of drug-likeness (QED) is 0.665. The van der Waals surface area contributed by atoms with Crippen LogP contribution >= 0.6 is 0 Å². The molecule has 0 fully saturated rings. The molecule has 3 aromatic rings. The number of carbonyl (C=O) groups is 1. The molecule has 7 nitrogen and oxygen atoms in total. The van der Waals surface area contributed by atoms with E-state index in [1.165, 1.54) is 0 Å². The molecule has 0 aliphatic carbocycles. The van der Waals surface area contributed by atoms with Crippen molar-refractivity contribution in [3.05, 3.63) is 66.4 Å². The molecule has 1 aromatic heterocycles. The first-order chi connectivity index (χ1) is 11.6. The lowest BCUT2D eigenvalue weighted by atomic mass is 10.2. The largest absolute Gasteiger partial charge is 0.457 e. The van der Waals surface area contributed by atoms with Crippen molar-refractivity contribution >= 4 is 23.4 Å². The standard InChI is InChI=1S/C17H15N5O2/c18-15-9-10-20-17(22-15)21-12-3-7-14(8-4-12)24-13-5-1-11(2-6-13)16(19)23/h1-10H,(H2,19,23)(H3,18,20,21,22). The zero-order valence-electron chi connectivity index (χ0n) is 12.6. The summed E-state index contributed by atoms with van der Waals surface area (Å²) >= 11 is 0. The van der Waals surface area contributed by atoms with Crippen molar-refractivity contribution in [2.24, 2.45) is 5.73 Å². The number of carbonyl (C=O) groups excluding carboxylic acids is 1. The Morgan fingerprint density at radius 2 is 1.58 bits per heavy atom. The number of hydrogen-bond acceptors (Lipinski definition) is 6. The van der Waals surface area contributed by atoms with Gasteiger partial charge >= 0.3 is 0 Å². The van der Waals surface area contributed by atoms with E-state index in [1.54, 1.807) is 48.7 Å². The molecule has 0 aliphatic rings. The number of amides is 1. The molecule has 0 atom stereocenters. The number of ether oxygens (including phenoxy) is 1. The average molecular weight is 321 g/mol. The first kappa shape index (κ1) is 15.3. The molecule has 0 saturated carbocycles. The highest BCUT2D eigenvalue weighted by atomic mass is 16.5. The number of nitrogens with one attached hydrogen (secondary N) is 1. The Hall–Kier alpha value is -3.61. The van der Waals surface area contributed by atoms with Gasteiger partial charge in [0, 0.05) is 17.4 Å². The molecule has 24 heavy (non-hydrogen) atoms. The van der Waals surface area contributed by atoms with Crippen LogP contribution in [0.5, 0.6) is 11.5 Å². The third-order valence-electron chi connectivity index (χ3n) is 3.16. The predicted octanol–water partition coefficient (Wildman–Crippen LogP) is 2.69. The van der Waals surface area contributed by atoms with Crippen LogP contribution in [-0.2, 0) is 0 Å². The lowest BCUT2D eigenvalue weighted by Crippen LogP contribution is -2.10. The highest BCUT2D eigenvalue weighted by molar-refractivity contribution is 5.92. The summed E-state index contributed by atoms with van der Waals surface area (Å²) in [4.78, 5) is 19.2. The van der Waals surface area contributed by atoms with Crippen LogP contribution in [-0.4, -0.2) is 15.9 Å². The Bertz CT molecular complexity index is 848. The van der Waals surface area contributed by atoms with E-state index in [2.05, 4.69) is 15.3 Å². The van der Waals surface area contributed by atoms with Crippen molar-refractivity contribution < 1.29 is 9.53 Å². The minimum atomic E-state index is -0.472. The fourth-order valence-corrected chi connectivity index (χ4v) is 1.99. The normalized spacial score (nSPS) is 10.2. The number of benzene rings is 2. The Morgan fingerprint density at radius 3 is 2.17 bits per heavy atom. The van der Waals surface area contributed by atoms with Gasteiger partial charge in [0.05, 0.1) is 0 Å². The van der Waals surface area contributed by atoms with Gasteiger partial charge in [-0.05, 0) is 54.6 Å². The van der Waals surface area contributed by atoms with Crippen LogP contribution in [0.1, 0.15) is 10.4 Å². The van der Waals surface area contributed by atoms with Crippen LogP contribution in [0, 0.1) is 0 Å². The lowest BCUT2D eigenvalue weighted by molar-refractivity contribution is 0.100. The van der Waals surface area contributed by atoms with Crippen LogP contribution in [0.2, 0.25) is 0 Å². The van der Waals surface area contributed by atoms with E-state index in [-0.39, 0.29) is 0 Å². The molecule has 7 heteroatoms. The van der Waals surface area contributed by atoms with Crippen LogP contribution in [0.4, 0.5) is 17.5 Å². The van der Waals surface area contributed by atoms with E-state index in [9.17, 15) is 4.79 Å². The highest BCUT2D eigenvalue weighted by Crippen LogP contribution is 2.24. The summed E-state index contributed by atoms with van der Waals surface area (Å²) in [5.41, 5.74) is 12.0. The third-order valence-corrected chi connectivity index (χ3v) is 3.16. The molecule has 3 rings (SSSR count). The van der Waals surface area contributed by atoms with Crippen molar-refractivity contribution in [3.8, 4) is 11.5 Å². The zero-order chi connectivity index (χ0) is 16.9. The summed E-state index contributed by atoms with van der Waals surface area (Å²) in [6.45, 7) is 0. The van der Waals surface area contributed by atoms with Gasteiger partial charge in [-0.1, -0.05) is 0 Å². The van der Waals surface area contributed by atoms with E-state index in [0.29, 0.717) is 28.8 Å². The second-order valence-corrected chi connectivity index (χ2v) is 4.95. The van der Waals surface area contributed by atoms with Crippen molar-refractivity contribution in [2.75, 3.05) is 11.1 Å². The van der Waals surface area contributed by atoms with Crippen molar-refractivity contribution in [3.63, 3.8) is 0 Å². The number of nitrogens with two attached hydrogens (primary N) is 2. The minimum Gasteiger partial charge on any atom is -0.457 e. The second kappa shape index (κ2) is 6.66. The molecule has 0 saturated heterocycles. The molecule has 0 aliphatic heterocycles. The summed E-state index contributed by atoms with van der Waals surface area (Å²) < 4.78 is 5.71. The summed E-state index contributed by atoms with van der Waals surface area (Å²) in [6, 6.07) is 15.5. The lowest BCUT2D eigenvalue weighted by Gasteiger charge is -2.08. The van der Waals surface area contributed by atoms with Gasteiger partial charge in [0.1, 0.15) is 17.3 Å². The number of nitrogen functional groups attached to an aromatic ring is 1. The fraction of sp³-hybridized carbons (Fsp3) is 0. The number of hydrogen-bond donors (Lipinski definition) is 3.